The second-order valence-corrected chi connectivity index (χ2v) is 5.48. The van der Waals surface area contributed by atoms with Crippen molar-refractivity contribution in [1.29, 1.82) is 0 Å². The molecule has 0 aromatic heterocycles. The van der Waals surface area contributed by atoms with Gasteiger partial charge in [0.15, 0.2) is 5.78 Å². The van der Waals surface area contributed by atoms with Crippen molar-refractivity contribution in [1.82, 2.24) is 0 Å². The van der Waals surface area contributed by atoms with Gasteiger partial charge in [-0.3, -0.25) is 14.9 Å². The predicted molar refractivity (Wildman–Crippen MR) is 79.6 cm³/mol. The third kappa shape index (κ3) is 3.68. The molecule has 1 aliphatic carbocycles. The number of Topliss-reactive ketones (excluding diaryl/α,β-unsaturated/α-hetero) is 1. The lowest BCUT2D eigenvalue weighted by Crippen LogP contribution is -2.21. The third-order valence-corrected chi connectivity index (χ3v) is 3.92. The lowest BCUT2D eigenvalue weighted by atomic mass is 9.85. The van der Waals surface area contributed by atoms with Crippen molar-refractivity contribution in [2.24, 2.45) is 11.8 Å². The number of rotatable bonds is 5. The second kappa shape index (κ2) is 6.52. The first-order valence-electron chi connectivity index (χ1n) is 7.06. The van der Waals surface area contributed by atoms with Crippen LogP contribution in [0.15, 0.2) is 30.4 Å². The molecule has 5 heteroatoms. The molecular weight excluding hydrogens is 270 g/mol. The number of hydrogen-bond donors (Lipinski definition) is 0. The molecule has 21 heavy (non-hydrogen) atoms. The Morgan fingerprint density at radius 3 is 2.71 bits per heavy atom. The number of benzene rings is 1. The summed E-state index contributed by atoms with van der Waals surface area (Å²) in [7, 11) is 0. The first-order valence-corrected chi connectivity index (χ1v) is 7.06. The van der Waals surface area contributed by atoms with Crippen LogP contribution in [0.25, 0.3) is 0 Å². The molecule has 1 aliphatic rings. The fraction of sp³-hybridized carbons (Fsp3) is 0.438. The van der Waals surface area contributed by atoms with E-state index in [0.29, 0.717) is 24.2 Å². The van der Waals surface area contributed by atoms with E-state index in [1.807, 2.05) is 0 Å². The van der Waals surface area contributed by atoms with Crippen LogP contribution in [0, 0.1) is 22.0 Å². The molecule has 0 spiro atoms. The van der Waals surface area contributed by atoms with Crippen molar-refractivity contribution in [3.8, 4) is 5.75 Å². The van der Waals surface area contributed by atoms with Gasteiger partial charge in [0.05, 0.1) is 17.1 Å². The molecule has 1 aromatic carbocycles. The Hall–Kier alpha value is -2.17. The molecule has 0 N–H and O–H groups in total. The number of non-ortho nitro benzene ring substituents is 1. The SMILES string of the molecule is CC(=O)c1cc([N+](=O)[O-])ccc1OCC1CC=CCC1C. The summed E-state index contributed by atoms with van der Waals surface area (Å²) in [4.78, 5) is 21.9. The smallest absolute Gasteiger partial charge is 0.270 e. The summed E-state index contributed by atoms with van der Waals surface area (Å²) in [6.45, 7) is 4.08. The molecule has 0 saturated carbocycles. The number of nitrogens with zero attached hydrogens (tertiary/aromatic N) is 1. The fourth-order valence-corrected chi connectivity index (χ4v) is 2.47. The van der Waals surface area contributed by atoms with Crippen LogP contribution in [0.2, 0.25) is 0 Å². The van der Waals surface area contributed by atoms with Gasteiger partial charge < -0.3 is 4.74 Å². The van der Waals surface area contributed by atoms with Gasteiger partial charge in [0, 0.05) is 12.1 Å². The number of nitro benzene ring substituents is 1. The summed E-state index contributed by atoms with van der Waals surface area (Å²) in [6.07, 6.45) is 6.32. The van der Waals surface area contributed by atoms with E-state index in [1.165, 1.54) is 25.1 Å². The summed E-state index contributed by atoms with van der Waals surface area (Å²) in [5.74, 6) is 1.14. The van der Waals surface area contributed by atoms with Crippen LogP contribution in [0.1, 0.15) is 37.0 Å². The minimum absolute atomic E-state index is 0.0958. The minimum atomic E-state index is -0.510. The molecular formula is C16H19NO4. The van der Waals surface area contributed by atoms with Crippen molar-refractivity contribution in [3.05, 3.63) is 46.0 Å². The average molecular weight is 289 g/mol. The monoisotopic (exact) mass is 289 g/mol. The van der Waals surface area contributed by atoms with Gasteiger partial charge in [-0.15, -0.1) is 0 Å². The van der Waals surface area contributed by atoms with Crippen molar-refractivity contribution in [2.45, 2.75) is 26.7 Å². The van der Waals surface area contributed by atoms with Gasteiger partial charge in [0.25, 0.3) is 5.69 Å². The van der Waals surface area contributed by atoms with Gasteiger partial charge in [-0.05, 0) is 37.7 Å². The van der Waals surface area contributed by atoms with E-state index in [2.05, 4.69) is 19.1 Å². The summed E-state index contributed by atoms with van der Waals surface area (Å²) in [6, 6.07) is 4.16. The Labute approximate surface area is 123 Å². The van der Waals surface area contributed by atoms with Crippen molar-refractivity contribution < 1.29 is 14.5 Å². The molecule has 0 saturated heterocycles. The predicted octanol–water partition coefficient (Wildman–Crippen LogP) is 3.78. The van der Waals surface area contributed by atoms with E-state index < -0.39 is 4.92 Å². The highest BCUT2D eigenvalue weighted by atomic mass is 16.6. The zero-order valence-corrected chi connectivity index (χ0v) is 12.2. The molecule has 0 aliphatic heterocycles. The maximum absolute atomic E-state index is 11.6. The summed E-state index contributed by atoms with van der Waals surface area (Å²) in [5, 5.41) is 10.8. The van der Waals surface area contributed by atoms with E-state index in [1.54, 1.807) is 0 Å². The van der Waals surface area contributed by atoms with Crippen LogP contribution in [0.3, 0.4) is 0 Å². The Balaban J connectivity index is 2.14. The maximum atomic E-state index is 11.6. The molecule has 1 aromatic rings. The molecule has 2 unspecified atom stereocenters. The second-order valence-electron chi connectivity index (χ2n) is 5.48. The van der Waals surface area contributed by atoms with Crippen LogP contribution < -0.4 is 4.74 Å². The summed E-state index contributed by atoms with van der Waals surface area (Å²) >= 11 is 0. The van der Waals surface area contributed by atoms with Crippen LogP contribution in [0.5, 0.6) is 5.75 Å². The Bertz CT molecular complexity index is 580. The first-order chi connectivity index (χ1) is 9.99. The molecule has 0 fully saturated rings. The summed E-state index contributed by atoms with van der Waals surface area (Å²) in [5.41, 5.74) is 0.171. The zero-order chi connectivity index (χ0) is 15.4. The van der Waals surface area contributed by atoms with Gasteiger partial charge in [0.1, 0.15) is 5.75 Å². The quantitative estimate of drug-likeness (QED) is 0.358. The van der Waals surface area contributed by atoms with Gasteiger partial charge in [-0.1, -0.05) is 19.1 Å². The molecule has 0 bridgehead atoms. The Morgan fingerprint density at radius 2 is 2.10 bits per heavy atom. The number of carbonyl (C=O) groups excluding carboxylic acids is 1. The largest absolute Gasteiger partial charge is 0.493 e. The molecule has 2 atom stereocenters. The van der Waals surface area contributed by atoms with Crippen molar-refractivity contribution in [3.63, 3.8) is 0 Å². The van der Waals surface area contributed by atoms with Gasteiger partial charge >= 0.3 is 0 Å². The average Bonchev–Trinajstić information content (AvgIpc) is 2.46. The van der Waals surface area contributed by atoms with Gasteiger partial charge in [-0.2, -0.15) is 0 Å². The van der Waals surface area contributed by atoms with Gasteiger partial charge in [-0.25, -0.2) is 0 Å². The van der Waals surface area contributed by atoms with E-state index in [0.717, 1.165) is 12.8 Å². The van der Waals surface area contributed by atoms with E-state index in [-0.39, 0.29) is 17.0 Å². The lowest BCUT2D eigenvalue weighted by Gasteiger charge is -2.25. The highest BCUT2D eigenvalue weighted by Gasteiger charge is 2.21. The van der Waals surface area contributed by atoms with Gasteiger partial charge in [0.2, 0.25) is 0 Å². The number of allylic oxidation sites excluding steroid dienone is 2. The third-order valence-electron chi connectivity index (χ3n) is 3.92. The summed E-state index contributed by atoms with van der Waals surface area (Å²) < 4.78 is 5.77. The number of ketones is 1. The van der Waals surface area contributed by atoms with E-state index in [9.17, 15) is 14.9 Å². The molecule has 112 valence electrons. The van der Waals surface area contributed by atoms with Crippen LogP contribution in [-0.4, -0.2) is 17.3 Å². The number of hydrogen-bond acceptors (Lipinski definition) is 4. The number of nitro groups is 1. The minimum Gasteiger partial charge on any atom is -0.493 e. The van der Waals surface area contributed by atoms with Crippen LogP contribution in [0.4, 0.5) is 5.69 Å². The molecule has 0 radical (unpaired) electrons. The number of ether oxygens (including phenoxy) is 1. The molecule has 5 nitrogen and oxygen atoms in total. The Kier molecular flexibility index (Phi) is 4.73. The first kappa shape index (κ1) is 15.2. The molecule has 0 heterocycles. The number of carbonyl (C=O) groups is 1. The molecule has 0 amide bonds. The maximum Gasteiger partial charge on any atom is 0.270 e. The highest BCUT2D eigenvalue weighted by Crippen LogP contribution is 2.29. The molecule has 2 rings (SSSR count). The van der Waals surface area contributed by atoms with Crippen molar-refractivity contribution >= 4 is 11.5 Å². The van der Waals surface area contributed by atoms with Crippen LogP contribution in [-0.2, 0) is 0 Å². The van der Waals surface area contributed by atoms with Crippen molar-refractivity contribution in [2.75, 3.05) is 6.61 Å². The standard InChI is InChI=1S/C16H19NO4/c1-11-5-3-4-6-13(11)10-21-16-8-7-14(17(19)20)9-15(16)12(2)18/h3-4,7-9,11,13H,5-6,10H2,1-2H3. The zero-order valence-electron chi connectivity index (χ0n) is 12.2. The topological polar surface area (TPSA) is 69.4 Å². The fourth-order valence-electron chi connectivity index (χ4n) is 2.47. The normalized spacial score (nSPS) is 21.0. The van der Waals surface area contributed by atoms with E-state index in [4.69, 9.17) is 4.74 Å². The Morgan fingerprint density at radius 1 is 1.38 bits per heavy atom. The highest BCUT2D eigenvalue weighted by molar-refractivity contribution is 5.97. The van der Waals surface area contributed by atoms with E-state index >= 15 is 0 Å². The lowest BCUT2D eigenvalue weighted by molar-refractivity contribution is -0.384. The van der Waals surface area contributed by atoms with Crippen LogP contribution >= 0.6 is 0 Å².